The van der Waals surface area contributed by atoms with Crippen molar-refractivity contribution in [2.24, 2.45) is 0 Å². The van der Waals surface area contributed by atoms with E-state index in [1.54, 1.807) is 0 Å². The van der Waals surface area contributed by atoms with Crippen LogP contribution in [0.3, 0.4) is 0 Å². The largest absolute Gasteiger partial charge is 0.381 e. The Morgan fingerprint density at radius 3 is 2.76 bits per heavy atom. The first kappa shape index (κ1) is 23.1. The highest BCUT2D eigenvalue weighted by Crippen LogP contribution is 2.22. The van der Waals surface area contributed by atoms with Gasteiger partial charge in [0.15, 0.2) is 0 Å². The lowest BCUT2D eigenvalue weighted by molar-refractivity contribution is 0.0248. The summed E-state index contributed by atoms with van der Waals surface area (Å²) in [6, 6.07) is 4.09. The zero-order chi connectivity index (χ0) is 21.3. The van der Waals surface area contributed by atoms with Crippen molar-refractivity contribution in [2.75, 3.05) is 20.1 Å². The number of hydrogen-bond donors (Lipinski definition) is 3. The second kappa shape index (κ2) is 11.1. The molecule has 4 nitrogen and oxygen atoms in total. The lowest BCUT2D eigenvalue weighted by Crippen LogP contribution is -2.40. The van der Waals surface area contributed by atoms with Crippen molar-refractivity contribution in [3.8, 4) is 0 Å². The highest BCUT2D eigenvalue weighted by Gasteiger charge is 2.25. The van der Waals surface area contributed by atoms with E-state index < -0.39 is 5.92 Å². The number of aryl methyl sites for hydroxylation is 3. The van der Waals surface area contributed by atoms with E-state index in [2.05, 4.69) is 41.1 Å². The molecule has 0 amide bonds. The molecular formula is C23H34F2N4. The first-order valence-corrected chi connectivity index (χ1v) is 10.4. The Morgan fingerprint density at radius 2 is 2.07 bits per heavy atom. The van der Waals surface area contributed by atoms with Gasteiger partial charge in [0, 0.05) is 30.6 Å². The zero-order valence-electron chi connectivity index (χ0n) is 18.0. The summed E-state index contributed by atoms with van der Waals surface area (Å²) < 4.78 is 26.9. The molecule has 1 aromatic rings. The molecule has 0 radical (unpaired) electrons. The molecular weight excluding hydrogens is 370 g/mol. The van der Waals surface area contributed by atoms with Crippen molar-refractivity contribution in [3.63, 3.8) is 0 Å². The van der Waals surface area contributed by atoms with Crippen molar-refractivity contribution in [1.82, 2.24) is 20.9 Å². The number of nitrogens with one attached hydrogen (secondary N) is 3. The van der Waals surface area contributed by atoms with E-state index in [4.69, 9.17) is 4.98 Å². The Bertz CT molecular complexity index is 748. The van der Waals surface area contributed by atoms with Gasteiger partial charge in [0.05, 0.1) is 12.6 Å². The summed E-state index contributed by atoms with van der Waals surface area (Å²) in [6.07, 6.45) is 11.6. The van der Waals surface area contributed by atoms with Gasteiger partial charge < -0.3 is 16.0 Å². The molecule has 0 aliphatic carbocycles. The maximum atomic E-state index is 13.4. The third-order valence-electron chi connectivity index (χ3n) is 4.86. The Kier molecular flexibility index (Phi) is 8.83. The Hall–Kier alpha value is -2.21. The molecule has 1 aliphatic heterocycles. The number of aromatic nitrogens is 1. The molecule has 1 unspecified atom stereocenters. The van der Waals surface area contributed by atoms with E-state index in [0.29, 0.717) is 6.54 Å². The second-order valence-corrected chi connectivity index (χ2v) is 7.65. The quantitative estimate of drug-likeness (QED) is 0.521. The SMILES string of the molecule is CCCc1nc(C)ccc1CCC1=CC=CNC1/C(=C/CNC)NCC(C)(F)F. The van der Waals surface area contributed by atoms with E-state index in [-0.39, 0.29) is 12.6 Å². The minimum absolute atomic E-state index is 0.135. The van der Waals surface area contributed by atoms with Gasteiger partial charge in [-0.2, -0.15) is 0 Å². The summed E-state index contributed by atoms with van der Waals surface area (Å²) in [5.74, 6) is -2.77. The van der Waals surface area contributed by atoms with Gasteiger partial charge in [-0.15, -0.1) is 0 Å². The Labute approximate surface area is 173 Å². The molecule has 0 saturated heterocycles. The topological polar surface area (TPSA) is 49.0 Å². The molecule has 29 heavy (non-hydrogen) atoms. The molecule has 0 aromatic carbocycles. The molecule has 6 heteroatoms. The van der Waals surface area contributed by atoms with Gasteiger partial charge in [-0.3, -0.25) is 4.98 Å². The van der Waals surface area contributed by atoms with Crippen LogP contribution in [0.4, 0.5) is 8.78 Å². The summed E-state index contributed by atoms with van der Waals surface area (Å²) in [7, 11) is 1.84. The summed E-state index contributed by atoms with van der Waals surface area (Å²) in [5.41, 5.74) is 5.41. The predicted octanol–water partition coefficient (Wildman–Crippen LogP) is 4.04. The summed E-state index contributed by atoms with van der Waals surface area (Å²) in [4.78, 5) is 4.71. The number of hydrogen-bond acceptors (Lipinski definition) is 4. The summed E-state index contributed by atoms with van der Waals surface area (Å²) in [6.45, 7) is 5.33. The standard InChI is InChI=1S/C23H34F2N4/c1-5-7-20-18(10-9-17(2)29-20)11-12-19-8-6-14-27-22(19)21(13-15-26-4)28-16-23(3,24)25/h6,8-10,13-14,22,26-28H,5,7,11-12,15-16H2,1-4H3/b21-13-. The van der Waals surface area contributed by atoms with Crippen LogP contribution in [0.5, 0.6) is 0 Å². The molecule has 0 fully saturated rings. The first-order chi connectivity index (χ1) is 13.8. The van der Waals surface area contributed by atoms with Crippen LogP contribution in [0.1, 0.15) is 43.6 Å². The minimum atomic E-state index is -2.77. The number of likely N-dealkylation sites (N-methyl/N-ethyl adjacent to an activating group) is 1. The fourth-order valence-electron chi connectivity index (χ4n) is 3.40. The van der Waals surface area contributed by atoms with Crippen molar-refractivity contribution in [2.45, 2.75) is 58.4 Å². The van der Waals surface area contributed by atoms with Crippen LogP contribution in [0.15, 0.2) is 47.8 Å². The molecule has 0 bridgehead atoms. The number of alkyl halides is 2. The van der Waals surface area contributed by atoms with Gasteiger partial charge in [-0.25, -0.2) is 8.78 Å². The average Bonchev–Trinajstić information content (AvgIpc) is 2.67. The van der Waals surface area contributed by atoms with Crippen molar-refractivity contribution in [3.05, 3.63) is 64.8 Å². The van der Waals surface area contributed by atoms with Crippen molar-refractivity contribution >= 4 is 0 Å². The van der Waals surface area contributed by atoms with Crippen LogP contribution in [0, 0.1) is 6.92 Å². The van der Waals surface area contributed by atoms with Crippen LogP contribution in [0.25, 0.3) is 0 Å². The van der Waals surface area contributed by atoms with Gasteiger partial charge in [0.2, 0.25) is 0 Å². The third-order valence-corrected chi connectivity index (χ3v) is 4.86. The molecule has 2 rings (SSSR count). The number of rotatable bonds is 11. The first-order valence-electron chi connectivity index (χ1n) is 10.4. The molecule has 1 aromatic heterocycles. The number of pyridine rings is 1. The fraction of sp³-hybridized carbons (Fsp3) is 0.522. The predicted molar refractivity (Wildman–Crippen MR) is 116 cm³/mol. The van der Waals surface area contributed by atoms with Gasteiger partial charge >= 0.3 is 0 Å². The highest BCUT2D eigenvalue weighted by atomic mass is 19.3. The molecule has 0 saturated carbocycles. The van der Waals surface area contributed by atoms with Gasteiger partial charge in [0.1, 0.15) is 0 Å². The summed E-state index contributed by atoms with van der Waals surface area (Å²) in [5, 5.41) is 9.34. The molecule has 1 atom stereocenters. The monoisotopic (exact) mass is 404 g/mol. The minimum Gasteiger partial charge on any atom is -0.381 e. The number of allylic oxidation sites excluding steroid dienone is 2. The molecule has 2 heterocycles. The number of dihydropyridines is 1. The van der Waals surface area contributed by atoms with E-state index in [1.165, 1.54) is 16.8 Å². The van der Waals surface area contributed by atoms with Gasteiger partial charge in [0.25, 0.3) is 5.92 Å². The van der Waals surface area contributed by atoms with Crippen LogP contribution < -0.4 is 16.0 Å². The number of halogens is 2. The van der Waals surface area contributed by atoms with Crippen LogP contribution >= 0.6 is 0 Å². The molecule has 3 N–H and O–H groups in total. The lowest BCUT2D eigenvalue weighted by atomic mass is 9.93. The Morgan fingerprint density at radius 1 is 1.28 bits per heavy atom. The highest BCUT2D eigenvalue weighted by molar-refractivity contribution is 5.34. The zero-order valence-corrected chi connectivity index (χ0v) is 18.0. The normalized spacial score (nSPS) is 17.1. The van der Waals surface area contributed by atoms with Gasteiger partial charge in [-0.1, -0.05) is 25.5 Å². The maximum absolute atomic E-state index is 13.4. The van der Waals surface area contributed by atoms with E-state index in [0.717, 1.165) is 44.0 Å². The third kappa shape index (κ3) is 7.61. The van der Waals surface area contributed by atoms with Crippen LogP contribution in [-0.2, 0) is 12.8 Å². The second-order valence-electron chi connectivity index (χ2n) is 7.65. The average molecular weight is 405 g/mol. The van der Waals surface area contributed by atoms with Crippen LogP contribution in [0.2, 0.25) is 0 Å². The maximum Gasteiger partial charge on any atom is 0.262 e. The van der Waals surface area contributed by atoms with E-state index in [9.17, 15) is 8.78 Å². The van der Waals surface area contributed by atoms with Crippen molar-refractivity contribution < 1.29 is 8.78 Å². The lowest BCUT2D eigenvalue weighted by Gasteiger charge is -2.28. The Balaban J connectivity index is 2.15. The van der Waals surface area contributed by atoms with Gasteiger partial charge in [-0.05, 0) is 68.8 Å². The van der Waals surface area contributed by atoms with Crippen molar-refractivity contribution in [1.29, 1.82) is 0 Å². The molecule has 1 aliphatic rings. The van der Waals surface area contributed by atoms with E-state index in [1.807, 2.05) is 32.3 Å². The summed E-state index contributed by atoms with van der Waals surface area (Å²) >= 11 is 0. The fourth-order valence-corrected chi connectivity index (χ4v) is 3.40. The molecule has 160 valence electrons. The smallest absolute Gasteiger partial charge is 0.262 e. The van der Waals surface area contributed by atoms with E-state index >= 15 is 0 Å². The molecule has 0 spiro atoms. The number of nitrogens with zero attached hydrogens (tertiary/aromatic N) is 1. The van der Waals surface area contributed by atoms with Crippen LogP contribution in [-0.4, -0.2) is 37.1 Å².